The molecule has 0 amide bonds. The molecule has 2 heterocycles. The van der Waals surface area contributed by atoms with Crippen molar-refractivity contribution < 1.29 is 0 Å². The molecule has 0 saturated heterocycles. The first-order chi connectivity index (χ1) is 14.5. The molecule has 1 aliphatic rings. The second kappa shape index (κ2) is 7.13. The van der Waals surface area contributed by atoms with Crippen LogP contribution in [0.5, 0.6) is 0 Å². The van der Waals surface area contributed by atoms with Crippen LogP contribution in [0.4, 0.5) is 0 Å². The predicted octanol–water partition coefficient (Wildman–Crippen LogP) is 4.55. The van der Waals surface area contributed by atoms with Gasteiger partial charge in [-0.25, -0.2) is 14.1 Å². The van der Waals surface area contributed by atoms with E-state index in [1.54, 1.807) is 16.2 Å². The second-order valence-electron chi connectivity index (χ2n) is 8.35. The summed E-state index contributed by atoms with van der Waals surface area (Å²) < 4.78 is 3.57. The van der Waals surface area contributed by atoms with Gasteiger partial charge in [-0.1, -0.05) is 87.1 Å². The lowest BCUT2D eigenvalue weighted by molar-refractivity contribution is 0.505. The molecule has 2 aromatic heterocycles. The number of benzene rings is 2. The minimum Gasteiger partial charge on any atom is -0.268 e. The minimum atomic E-state index is -0.287. The van der Waals surface area contributed by atoms with Crippen LogP contribution in [-0.2, 0) is 18.4 Å². The molecule has 6 heteroatoms. The molecule has 0 atom stereocenters. The predicted molar refractivity (Wildman–Crippen MR) is 121 cm³/mol. The fourth-order valence-corrected chi connectivity index (χ4v) is 5.12. The van der Waals surface area contributed by atoms with Gasteiger partial charge in [-0.05, 0) is 23.3 Å². The van der Waals surface area contributed by atoms with Gasteiger partial charge >= 0.3 is 0 Å². The number of rotatable bonds is 4. The van der Waals surface area contributed by atoms with E-state index in [0.29, 0.717) is 17.5 Å². The second-order valence-corrected chi connectivity index (χ2v) is 9.58. The van der Waals surface area contributed by atoms with Gasteiger partial charge in [-0.2, -0.15) is 0 Å². The molecule has 0 radical (unpaired) electrons. The van der Waals surface area contributed by atoms with Crippen molar-refractivity contribution in [2.45, 2.75) is 44.3 Å². The maximum absolute atomic E-state index is 13.8. The molecule has 5 rings (SSSR count). The summed E-state index contributed by atoms with van der Waals surface area (Å²) >= 11 is 1.58. The Balaban J connectivity index is 1.82. The van der Waals surface area contributed by atoms with Crippen LogP contribution in [0.15, 0.2) is 64.5 Å². The maximum atomic E-state index is 13.8. The lowest BCUT2D eigenvalue weighted by atomic mass is 9.72. The zero-order valence-electron chi connectivity index (χ0n) is 17.4. The van der Waals surface area contributed by atoms with E-state index in [-0.39, 0.29) is 11.0 Å². The lowest BCUT2D eigenvalue weighted by Crippen LogP contribution is -2.36. The van der Waals surface area contributed by atoms with Crippen LogP contribution in [-0.4, -0.2) is 24.9 Å². The topological polar surface area (TPSA) is 52.2 Å². The van der Waals surface area contributed by atoms with Gasteiger partial charge in [0.25, 0.3) is 5.56 Å². The number of hydrogen-bond donors (Lipinski definition) is 0. The van der Waals surface area contributed by atoms with E-state index in [1.807, 2.05) is 28.9 Å². The number of thioether (sulfide) groups is 1. The smallest absolute Gasteiger partial charge is 0.265 e. The Kier molecular flexibility index (Phi) is 4.54. The van der Waals surface area contributed by atoms with Crippen molar-refractivity contribution in [1.82, 2.24) is 19.2 Å². The van der Waals surface area contributed by atoms with Crippen LogP contribution in [0.25, 0.3) is 17.0 Å². The lowest BCUT2D eigenvalue weighted by Gasteiger charge is -2.32. The zero-order valence-corrected chi connectivity index (χ0v) is 18.2. The van der Waals surface area contributed by atoms with E-state index < -0.39 is 0 Å². The van der Waals surface area contributed by atoms with Gasteiger partial charge in [-0.15, -0.1) is 5.10 Å². The van der Waals surface area contributed by atoms with Crippen molar-refractivity contribution in [3.63, 3.8) is 0 Å². The van der Waals surface area contributed by atoms with Crippen LogP contribution in [0.3, 0.4) is 0 Å². The Hall–Kier alpha value is -2.86. The number of nitrogens with zero attached hydrogens (tertiary/aromatic N) is 4. The van der Waals surface area contributed by atoms with Crippen LogP contribution in [0.2, 0.25) is 0 Å². The molecule has 4 aromatic rings. The summed E-state index contributed by atoms with van der Waals surface area (Å²) in [6.07, 6.45) is 0.827. The van der Waals surface area contributed by atoms with Crippen LogP contribution >= 0.6 is 11.8 Å². The summed E-state index contributed by atoms with van der Waals surface area (Å²) in [4.78, 5) is 18.9. The van der Waals surface area contributed by atoms with Crippen molar-refractivity contribution in [1.29, 1.82) is 0 Å². The summed E-state index contributed by atoms with van der Waals surface area (Å²) in [6, 6.07) is 18.5. The molecule has 0 aliphatic heterocycles. The van der Waals surface area contributed by atoms with Gasteiger partial charge < -0.3 is 0 Å². The van der Waals surface area contributed by atoms with Crippen molar-refractivity contribution in [2.24, 2.45) is 0 Å². The Morgan fingerprint density at radius 2 is 1.80 bits per heavy atom. The molecule has 0 unspecified atom stereocenters. The fourth-order valence-electron chi connectivity index (χ4n) is 4.41. The molecule has 30 heavy (non-hydrogen) atoms. The van der Waals surface area contributed by atoms with E-state index >= 15 is 0 Å². The SMILES string of the molecule is CCSc1nn(Cc2ccccc2)c2nc3c(c(=O)n12)C(C)(C)Cc1ccccc1-3. The number of aromatic nitrogens is 4. The van der Waals surface area contributed by atoms with Crippen molar-refractivity contribution >= 4 is 17.5 Å². The first-order valence-electron chi connectivity index (χ1n) is 10.3. The molecule has 0 fully saturated rings. The molecular formula is C24H24N4OS. The largest absolute Gasteiger partial charge is 0.268 e. The molecule has 152 valence electrons. The zero-order chi connectivity index (χ0) is 20.9. The first-order valence-corrected chi connectivity index (χ1v) is 11.3. The van der Waals surface area contributed by atoms with Crippen molar-refractivity contribution in [3.05, 3.63) is 81.6 Å². The maximum Gasteiger partial charge on any atom is 0.265 e. The van der Waals surface area contributed by atoms with Crippen LogP contribution in [0, 0.1) is 0 Å². The third kappa shape index (κ3) is 2.98. The molecule has 2 aromatic carbocycles. The summed E-state index contributed by atoms with van der Waals surface area (Å²) in [6.45, 7) is 6.92. The summed E-state index contributed by atoms with van der Waals surface area (Å²) in [5, 5.41) is 5.50. The highest BCUT2D eigenvalue weighted by molar-refractivity contribution is 7.99. The molecule has 1 aliphatic carbocycles. The molecule has 0 spiro atoms. The van der Waals surface area contributed by atoms with E-state index in [2.05, 4.69) is 51.1 Å². The van der Waals surface area contributed by atoms with E-state index in [0.717, 1.165) is 34.6 Å². The van der Waals surface area contributed by atoms with E-state index in [9.17, 15) is 4.79 Å². The highest BCUT2D eigenvalue weighted by Crippen LogP contribution is 2.40. The van der Waals surface area contributed by atoms with Crippen molar-refractivity contribution in [2.75, 3.05) is 5.75 Å². The summed E-state index contributed by atoms with van der Waals surface area (Å²) in [5.41, 5.74) is 4.73. The molecule has 0 N–H and O–H groups in total. The number of fused-ring (bicyclic) bond motifs is 4. The van der Waals surface area contributed by atoms with Crippen molar-refractivity contribution in [3.8, 4) is 11.3 Å². The highest BCUT2D eigenvalue weighted by Gasteiger charge is 2.36. The average Bonchev–Trinajstić information content (AvgIpc) is 3.06. The Morgan fingerprint density at radius 3 is 2.57 bits per heavy atom. The molecular weight excluding hydrogens is 392 g/mol. The Morgan fingerprint density at radius 1 is 1.07 bits per heavy atom. The molecule has 0 bridgehead atoms. The quantitative estimate of drug-likeness (QED) is 0.458. The Bertz CT molecular complexity index is 1300. The van der Waals surface area contributed by atoms with E-state index in [4.69, 9.17) is 10.1 Å². The van der Waals surface area contributed by atoms with Gasteiger partial charge in [0.15, 0.2) is 5.16 Å². The van der Waals surface area contributed by atoms with Crippen LogP contribution < -0.4 is 5.56 Å². The van der Waals surface area contributed by atoms with Gasteiger partial charge in [0.05, 0.1) is 17.8 Å². The first kappa shape index (κ1) is 19.1. The van der Waals surface area contributed by atoms with E-state index in [1.165, 1.54) is 5.56 Å². The third-order valence-corrected chi connectivity index (χ3v) is 6.54. The van der Waals surface area contributed by atoms with Gasteiger partial charge in [-0.3, -0.25) is 4.79 Å². The molecule has 5 nitrogen and oxygen atoms in total. The van der Waals surface area contributed by atoms with Crippen LogP contribution in [0.1, 0.15) is 37.5 Å². The third-order valence-electron chi connectivity index (χ3n) is 5.72. The van der Waals surface area contributed by atoms with Gasteiger partial charge in [0, 0.05) is 11.0 Å². The highest BCUT2D eigenvalue weighted by atomic mass is 32.2. The average molecular weight is 417 g/mol. The van der Waals surface area contributed by atoms with Gasteiger partial charge in [0.1, 0.15) is 0 Å². The summed E-state index contributed by atoms with van der Waals surface area (Å²) in [7, 11) is 0. The standard InChI is InChI=1S/C24H24N4OS/c1-4-30-23-26-27(15-16-10-6-5-7-11-16)22-25-20-18-13-9-8-12-17(18)14-24(2,3)19(20)21(29)28(22)23/h5-13H,4,14-15H2,1-3H3. The number of hydrogen-bond acceptors (Lipinski definition) is 4. The molecule has 0 saturated carbocycles. The van der Waals surface area contributed by atoms with Gasteiger partial charge in [0.2, 0.25) is 5.78 Å². The minimum absolute atomic E-state index is 0.00441. The Labute approximate surface area is 179 Å². The monoisotopic (exact) mass is 416 g/mol. The fraction of sp³-hybridized carbons (Fsp3) is 0.292. The normalized spacial score (nSPS) is 14.5. The summed E-state index contributed by atoms with van der Waals surface area (Å²) in [5.74, 6) is 1.44.